The van der Waals surface area contributed by atoms with Crippen molar-refractivity contribution in [2.45, 2.75) is 58.5 Å². The Labute approximate surface area is 111 Å². The van der Waals surface area contributed by atoms with Crippen LogP contribution >= 0.6 is 0 Å². The second-order valence-electron chi connectivity index (χ2n) is 5.30. The first-order valence-corrected chi connectivity index (χ1v) is 7.44. The fourth-order valence-electron chi connectivity index (χ4n) is 2.21. The molecule has 1 aliphatic rings. The van der Waals surface area contributed by atoms with Gasteiger partial charge in [-0.25, -0.2) is 0 Å². The summed E-state index contributed by atoms with van der Waals surface area (Å²) in [5.74, 6) is 0.274. The molecule has 2 atom stereocenters. The van der Waals surface area contributed by atoms with E-state index < -0.39 is 0 Å². The highest BCUT2D eigenvalue weighted by molar-refractivity contribution is 5.82. The Hall–Kier alpha value is -0.610. The number of nitrogens with zero attached hydrogens (tertiary/aromatic N) is 1. The summed E-state index contributed by atoms with van der Waals surface area (Å²) in [6.45, 7) is 9.93. The molecule has 4 heteroatoms. The molecular formula is C14H29N3O. The molecule has 2 unspecified atom stereocenters. The number of amides is 1. The number of piperazine rings is 1. The summed E-state index contributed by atoms with van der Waals surface area (Å²) >= 11 is 0. The van der Waals surface area contributed by atoms with Crippen LogP contribution in [-0.2, 0) is 4.79 Å². The van der Waals surface area contributed by atoms with Crippen LogP contribution in [0.2, 0.25) is 0 Å². The smallest absolute Gasteiger partial charge is 0.241 e. The highest BCUT2D eigenvalue weighted by Crippen LogP contribution is 2.04. The zero-order valence-corrected chi connectivity index (χ0v) is 12.2. The summed E-state index contributed by atoms with van der Waals surface area (Å²) in [6.07, 6.45) is 4.49. The lowest BCUT2D eigenvalue weighted by Gasteiger charge is -2.32. The summed E-state index contributed by atoms with van der Waals surface area (Å²) in [6, 6.07) is 0.434. The number of unbranched alkanes of at least 4 members (excludes halogenated alkanes) is 2. The van der Waals surface area contributed by atoms with Crippen LogP contribution in [0.25, 0.3) is 0 Å². The molecule has 1 aliphatic heterocycles. The molecule has 1 fully saturated rings. The van der Waals surface area contributed by atoms with Gasteiger partial charge >= 0.3 is 0 Å². The highest BCUT2D eigenvalue weighted by atomic mass is 16.2. The fourth-order valence-corrected chi connectivity index (χ4v) is 2.21. The van der Waals surface area contributed by atoms with Crippen molar-refractivity contribution in [2.24, 2.45) is 0 Å². The topological polar surface area (TPSA) is 44.4 Å². The maximum absolute atomic E-state index is 12.4. The van der Waals surface area contributed by atoms with Crippen molar-refractivity contribution < 1.29 is 4.79 Å². The first-order chi connectivity index (χ1) is 8.69. The van der Waals surface area contributed by atoms with E-state index in [9.17, 15) is 4.79 Å². The van der Waals surface area contributed by atoms with Crippen molar-refractivity contribution in [3.05, 3.63) is 0 Å². The number of carbonyl (C=O) groups excluding carboxylic acids is 1. The average molecular weight is 255 g/mol. The predicted octanol–water partition coefficient (Wildman–Crippen LogP) is 1.37. The molecule has 0 aromatic rings. The van der Waals surface area contributed by atoms with Crippen LogP contribution < -0.4 is 10.6 Å². The van der Waals surface area contributed by atoms with Gasteiger partial charge in [0.2, 0.25) is 5.91 Å². The van der Waals surface area contributed by atoms with E-state index >= 15 is 0 Å². The van der Waals surface area contributed by atoms with Gasteiger partial charge in [0, 0.05) is 32.2 Å². The molecule has 1 amide bonds. The van der Waals surface area contributed by atoms with Crippen molar-refractivity contribution in [3.8, 4) is 0 Å². The highest BCUT2D eigenvalue weighted by Gasteiger charge is 2.26. The molecule has 0 aliphatic carbocycles. The predicted molar refractivity (Wildman–Crippen MR) is 75.7 cm³/mol. The quantitative estimate of drug-likeness (QED) is 0.722. The van der Waals surface area contributed by atoms with Gasteiger partial charge in [-0.2, -0.15) is 0 Å². The van der Waals surface area contributed by atoms with Gasteiger partial charge < -0.3 is 15.5 Å². The minimum absolute atomic E-state index is 0.0325. The van der Waals surface area contributed by atoms with Gasteiger partial charge in [0.1, 0.15) is 0 Å². The van der Waals surface area contributed by atoms with Crippen LogP contribution in [0, 0.1) is 0 Å². The lowest BCUT2D eigenvalue weighted by Crippen LogP contribution is -2.59. The second-order valence-corrected chi connectivity index (χ2v) is 5.30. The molecule has 0 aromatic heterocycles. The molecule has 1 rings (SSSR count). The molecule has 4 nitrogen and oxygen atoms in total. The van der Waals surface area contributed by atoms with Crippen molar-refractivity contribution in [1.29, 1.82) is 0 Å². The van der Waals surface area contributed by atoms with Gasteiger partial charge in [-0.05, 0) is 19.8 Å². The average Bonchev–Trinajstić information content (AvgIpc) is 2.39. The largest absolute Gasteiger partial charge is 0.341 e. The molecular weight excluding hydrogens is 226 g/mol. The van der Waals surface area contributed by atoms with E-state index in [1.54, 1.807) is 0 Å². The monoisotopic (exact) mass is 255 g/mol. The fraction of sp³-hybridized carbons (Fsp3) is 0.929. The zero-order chi connectivity index (χ0) is 13.4. The van der Waals surface area contributed by atoms with Crippen molar-refractivity contribution >= 4 is 5.91 Å². The van der Waals surface area contributed by atoms with E-state index in [2.05, 4.69) is 31.4 Å². The van der Waals surface area contributed by atoms with Crippen LogP contribution in [0.5, 0.6) is 0 Å². The molecule has 18 heavy (non-hydrogen) atoms. The van der Waals surface area contributed by atoms with E-state index in [4.69, 9.17) is 0 Å². The van der Waals surface area contributed by atoms with E-state index in [0.717, 1.165) is 51.9 Å². The number of nitrogens with one attached hydrogen (secondary N) is 2. The number of rotatable bonds is 7. The molecule has 0 saturated carbocycles. The van der Waals surface area contributed by atoms with Gasteiger partial charge in [0.25, 0.3) is 0 Å². The van der Waals surface area contributed by atoms with Crippen LogP contribution in [-0.4, -0.2) is 49.1 Å². The van der Waals surface area contributed by atoms with Crippen molar-refractivity contribution in [1.82, 2.24) is 15.5 Å². The molecule has 0 bridgehead atoms. The molecule has 0 spiro atoms. The Kier molecular flexibility index (Phi) is 7.28. The van der Waals surface area contributed by atoms with Crippen molar-refractivity contribution in [3.63, 3.8) is 0 Å². The minimum atomic E-state index is -0.0325. The number of carbonyl (C=O) groups is 1. The molecule has 1 heterocycles. The maximum atomic E-state index is 12.4. The third-order valence-electron chi connectivity index (χ3n) is 3.51. The summed E-state index contributed by atoms with van der Waals surface area (Å²) in [7, 11) is 0. The van der Waals surface area contributed by atoms with Gasteiger partial charge in [0.05, 0.1) is 6.04 Å². The summed E-state index contributed by atoms with van der Waals surface area (Å²) in [4.78, 5) is 14.5. The van der Waals surface area contributed by atoms with E-state index in [-0.39, 0.29) is 11.9 Å². The number of hydrogen-bond donors (Lipinski definition) is 2. The van der Waals surface area contributed by atoms with Crippen LogP contribution in [0.1, 0.15) is 46.5 Å². The number of hydrogen-bond acceptors (Lipinski definition) is 3. The first-order valence-electron chi connectivity index (χ1n) is 7.44. The Bertz CT molecular complexity index is 229. The Morgan fingerprint density at radius 3 is 2.17 bits per heavy atom. The molecule has 0 aromatic carbocycles. The standard InChI is InChI=1S/C14H29N3O/c1-4-6-8-17(9-7-5-2)14(18)13-11-15-12(3)10-16-13/h12-13,15-16H,4-11H2,1-3H3. The van der Waals surface area contributed by atoms with Gasteiger partial charge in [0.15, 0.2) is 0 Å². The maximum Gasteiger partial charge on any atom is 0.241 e. The third-order valence-corrected chi connectivity index (χ3v) is 3.51. The lowest BCUT2D eigenvalue weighted by molar-refractivity contribution is -0.134. The van der Waals surface area contributed by atoms with Crippen molar-refractivity contribution in [2.75, 3.05) is 26.2 Å². The molecule has 106 valence electrons. The van der Waals surface area contributed by atoms with Crippen LogP contribution in [0.3, 0.4) is 0 Å². The van der Waals surface area contributed by atoms with Gasteiger partial charge in [-0.1, -0.05) is 26.7 Å². The van der Waals surface area contributed by atoms with Crippen LogP contribution in [0.4, 0.5) is 0 Å². The third kappa shape index (κ3) is 4.94. The Morgan fingerprint density at radius 2 is 1.72 bits per heavy atom. The van der Waals surface area contributed by atoms with Crippen LogP contribution in [0.15, 0.2) is 0 Å². The summed E-state index contributed by atoms with van der Waals surface area (Å²) < 4.78 is 0. The first kappa shape index (κ1) is 15.4. The lowest BCUT2D eigenvalue weighted by atomic mass is 10.1. The summed E-state index contributed by atoms with van der Waals surface area (Å²) in [5.41, 5.74) is 0. The Morgan fingerprint density at radius 1 is 1.11 bits per heavy atom. The van der Waals surface area contributed by atoms with Gasteiger partial charge in [-0.15, -0.1) is 0 Å². The summed E-state index contributed by atoms with van der Waals surface area (Å²) in [5, 5.41) is 6.72. The van der Waals surface area contributed by atoms with E-state index in [1.807, 2.05) is 4.90 Å². The molecule has 0 radical (unpaired) electrons. The molecule has 1 saturated heterocycles. The van der Waals surface area contributed by atoms with E-state index in [0.29, 0.717) is 6.04 Å². The zero-order valence-electron chi connectivity index (χ0n) is 12.2. The van der Waals surface area contributed by atoms with Gasteiger partial charge in [-0.3, -0.25) is 4.79 Å². The molecule has 2 N–H and O–H groups in total. The normalized spacial score (nSPS) is 23.9. The second kappa shape index (κ2) is 8.48. The minimum Gasteiger partial charge on any atom is -0.341 e. The Balaban J connectivity index is 2.46. The SMILES string of the molecule is CCCCN(CCCC)C(=O)C1CNC(C)CN1. The van der Waals surface area contributed by atoms with E-state index in [1.165, 1.54) is 0 Å².